The van der Waals surface area contributed by atoms with Crippen molar-refractivity contribution in [3.63, 3.8) is 0 Å². The van der Waals surface area contributed by atoms with E-state index in [1.54, 1.807) is 12.3 Å². The minimum Gasteiger partial charge on any atom is -0.504 e. The summed E-state index contributed by atoms with van der Waals surface area (Å²) >= 11 is 0. The van der Waals surface area contributed by atoms with E-state index in [-0.39, 0.29) is 11.1 Å². The lowest BCUT2D eigenvalue weighted by Crippen LogP contribution is -2.25. The summed E-state index contributed by atoms with van der Waals surface area (Å²) in [5.74, 6) is -2.98. The first-order valence-corrected chi connectivity index (χ1v) is 12.9. The van der Waals surface area contributed by atoms with Gasteiger partial charge in [0.05, 0.1) is 11.1 Å². The van der Waals surface area contributed by atoms with Gasteiger partial charge in [-0.2, -0.15) is 0 Å². The number of allylic oxidation sites excluding steroid dienone is 5. The van der Waals surface area contributed by atoms with Crippen LogP contribution in [0.4, 0.5) is 0 Å². The van der Waals surface area contributed by atoms with Crippen LogP contribution < -0.4 is 0 Å². The first-order valence-electron chi connectivity index (χ1n) is 12.9. The number of aliphatic hydroxyl groups excluding tert-OH is 2. The minimum atomic E-state index is -0.805. The zero-order valence-electron chi connectivity index (χ0n) is 22.8. The van der Waals surface area contributed by atoms with Crippen LogP contribution in [0.1, 0.15) is 55.6 Å². The molecule has 5 rings (SSSR count). The molecule has 0 atom stereocenters. The van der Waals surface area contributed by atoms with E-state index in [9.17, 15) is 19.8 Å². The van der Waals surface area contributed by atoms with Crippen molar-refractivity contribution < 1.29 is 19.8 Å². The van der Waals surface area contributed by atoms with Gasteiger partial charge in [0, 0.05) is 50.2 Å². The number of benzene rings is 2. The van der Waals surface area contributed by atoms with Crippen molar-refractivity contribution in [1.29, 1.82) is 0 Å². The Balaban J connectivity index is 1.71. The van der Waals surface area contributed by atoms with Gasteiger partial charge in [-0.3, -0.25) is 9.59 Å². The molecule has 0 fully saturated rings. The van der Waals surface area contributed by atoms with Gasteiger partial charge in [-0.15, -0.1) is 6.58 Å². The van der Waals surface area contributed by atoms with E-state index < -0.39 is 28.5 Å². The molecule has 6 nitrogen and oxygen atoms in total. The van der Waals surface area contributed by atoms with E-state index in [0.29, 0.717) is 34.0 Å². The molecule has 4 N–H and O–H groups in total. The number of rotatable bonds is 6. The van der Waals surface area contributed by atoms with Crippen LogP contribution in [-0.4, -0.2) is 31.7 Å². The van der Waals surface area contributed by atoms with Crippen LogP contribution in [0.5, 0.6) is 0 Å². The van der Waals surface area contributed by atoms with Crippen molar-refractivity contribution in [3.05, 3.63) is 106 Å². The SMILES string of the molecule is C=CC(C)(C)c1[nH]c2ccc(C)cc2c1C1=C(O)C(=O)C(c2c[nH]c3c(CC=C(C)C)cccc23)=C(O)C1=O. The van der Waals surface area contributed by atoms with Gasteiger partial charge >= 0.3 is 0 Å². The molecule has 0 unspecified atom stereocenters. The normalized spacial score (nSPS) is 14.6. The first kappa shape index (κ1) is 26.0. The number of carbonyl (C=O) groups excluding carboxylic acids is 2. The predicted octanol–water partition coefficient (Wildman–Crippen LogP) is 7.32. The van der Waals surface area contributed by atoms with Crippen molar-refractivity contribution in [2.75, 3.05) is 0 Å². The topological polar surface area (TPSA) is 106 Å². The Morgan fingerprint density at radius 3 is 2.38 bits per heavy atom. The number of H-pyrrole nitrogens is 2. The van der Waals surface area contributed by atoms with Gasteiger partial charge in [0.2, 0.25) is 11.6 Å². The van der Waals surface area contributed by atoms with Gasteiger partial charge in [-0.25, -0.2) is 0 Å². The second-order valence-electron chi connectivity index (χ2n) is 11.0. The van der Waals surface area contributed by atoms with E-state index >= 15 is 0 Å². The third-order valence-corrected chi connectivity index (χ3v) is 7.52. The van der Waals surface area contributed by atoms with Crippen LogP contribution in [0.25, 0.3) is 33.0 Å². The predicted molar refractivity (Wildman–Crippen MR) is 157 cm³/mol. The maximum atomic E-state index is 13.8. The number of aromatic amines is 2. The van der Waals surface area contributed by atoms with Crippen LogP contribution in [0, 0.1) is 6.92 Å². The Morgan fingerprint density at radius 2 is 1.69 bits per heavy atom. The third-order valence-electron chi connectivity index (χ3n) is 7.52. The molecule has 0 aliphatic heterocycles. The maximum absolute atomic E-state index is 13.8. The molecule has 0 spiro atoms. The van der Waals surface area contributed by atoms with Crippen LogP contribution >= 0.6 is 0 Å². The van der Waals surface area contributed by atoms with Gasteiger partial charge in [0.15, 0.2) is 11.5 Å². The van der Waals surface area contributed by atoms with Crippen molar-refractivity contribution in [2.45, 2.75) is 46.5 Å². The Morgan fingerprint density at radius 1 is 1.00 bits per heavy atom. The molecule has 0 bridgehead atoms. The fraction of sp³-hybridized carbons (Fsp3) is 0.212. The molecule has 4 aromatic rings. The molecule has 0 saturated heterocycles. The average molecular weight is 521 g/mol. The number of carbonyl (C=O) groups is 2. The van der Waals surface area contributed by atoms with Crippen molar-refractivity contribution in [1.82, 2.24) is 9.97 Å². The van der Waals surface area contributed by atoms with Crippen LogP contribution in [-0.2, 0) is 21.4 Å². The Labute approximate surface area is 227 Å². The quantitative estimate of drug-likeness (QED) is 0.158. The highest BCUT2D eigenvalue weighted by atomic mass is 16.3. The smallest absolute Gasteiger partial charge is 0.232 e. The second kappa shape index (κ2) is 9.31. The van der Waals surface area contributed by atoms with E-state index in [4.69, 9.17) is 0 Å². The molecule has 39 heavy (non-hydrogen) atoms. The van der Waals surface area contributed by atoms with Crippen LogP contribution in [0.15, 0.2) is 78.4 Å². The second-order valence-corrected chi connectivity index (χ2v) is 11.0. The standard InChI is InChI=1S/C33H32N2O4/c1-7-33(5,6)32-24(21-15-18(4)12-14-23(21)35-32)26-30(38)28(36)25(29(37)31(26)39)22-16-34-27-19(13-11-17(2)3)9-8-10-20(22)27/h7-12,14-16,34-36,39H,1,13H2,2-6H3. The maximum Gasteiger partial charge on any atom is 0.232 e. The van der Waals surface area contributed by atoms with Gasteiger partial charge < -0.3 is 20.2 Å². The highest BCUT2D eigenvalue weighted by Crippen LogP contribution is 2.43. The molecule has 1 aliphatic rings. The zero-order valence-corrected chi connectivity index (χ0v) is 22.8. The molecule has 2 aromatic carbocycles. The zero-order chi connectivity index (χ0) is 28.2. The number of aryl methyl sites for hydroxylation is 1. The van der Waals surface area contributed by atoms with Gasteiger partial charge in [-0.05, 0) is 44.9 Å². The number of aromatic nitrogens is 2. The molecular weight excluding hydrogens is 488 g/mol. The number of para-hydroxylation sites is 1. The lowest BCUT2D eigenvalue weighted by Gasteiger charge is -2.24. The number of aliphatic hydroxyl groups is 2. The number of ketones is 2. The van der Waals surface area contributed by atoms with Gasteiger partial charge in [-0.1, -0.05) is 61.4 Å². The summed E-state index contributed by atoms with van der Waals surface area (Å²) in [5.41, 5.74) is 5.02. The van der Waals surface area contributed by atoms with E-state index in [2.05, 4.69) is 22.6 Å². The molecule has 198 valence electrons. The third kappa shape index (κ3) is 4.13. The summed E-state index contributed by atoms with van der Waals surface area (Å²) in [7, 11) is 0. The molecule has 6 heteroatoms. The number of hydrogen-bond acceptors (Lipinski definition) is 4. The molecule has 2 heterocycles. The molecule has 0 radical (unpaired) electrons. The van der Waals surface area contributed by atoms with Gasteiger partial charge in [0.1, 0.15) is 0 Å². The Kier molecular flexibility index (Phi) is 6.22. The van der Waals surface area contributed by atoms with Crippen molar-refractivity contribution in [2.24, 2.45) is 0 Å². The molecular formula is C33H32N2O4. The summed E-state index contributed by atoms with van der Waals surface area (Å²) < 4.78 is 0. The Hall–Kier alpha value is -4.58. The van der Waals surface area contributed by atoms with Crippen LogP contribution in [0.2, 0.25) is 0 Å². The number of fused-ring (bicyclic) bond motifs is 2. The fourth-order valence-electron chi connectivity index (χ4n) is 5.22. The monoisotopic (exact) mass is 520 g/mol. The summed E-state index contributed by atoms with van der Waals surface area (Å²) in [4.78, 5) is 34.1. The van der Waals surface area contributed by atoms with E-state index in [1.807, 2.05) is 71.0 Å². The minimum absolute atomic E-state index is 0.215. The average Bonchev–Trinajstić information content (AvgIpc) is 3.49. The molecule has 0 saturated carbocycles. The van der Waals surface area contributed by atoms with Crippen molar-refractivity contribution in [3.8, 4) is 0 Å². The molecule has 0 amide bonds. The highest BCUT2D eigenvalue weighted by Gasteiger charge is 2.40. The lowest BCUT2D eigenvalue weighted by atomic mass is 9.80. The Bertz CT molecular complexity index is 1800. The van der Waals surface area contributed by atoms with Crippen LogP contribution in [0.3, 0.4) is 0 Å². The van der Waals surface area contributed by atoms with Crippen molar-refractivity contribution >= 4 is 44.5 Å². The fourth-order valence-corrected chi connectivity index (χ4v) is 5.22. The lowest BCUT2D eigenvalue weighted by molar-refractivity contribution is -0.116. The number of hydrogen-bond donors (Lipinski definition) is 4. The van der Waals surface area contributed by atoms with Gasteiger partial charge in [0.25, 0.3) is 0 Å². The summed E-state index contributed by atoms with van der Waals surface area (Å²) in [6, 6.07) is 11.4. The summed E-state index contributed by atoms with van der Waals surface area (Å²) in [6.07, 6.45) is 6.13. The summed E-state index contributed by atoms with van der Waals surface area (Å²) in [6.45, 7) is 13.8. The van der Waals surface area contributed by atoms with E-state index in [1.165, 1.54) is 5.57 Å². The molecule has 2 aromatic heterocycles. The van der Waals surface area contributed by atoms with E-state index in [0.717, 1.165) is 22.2 Å². The first-order chi connectivity index (χ1) is 18.5. The molecule has 1 aliphatic carbocycles. The number of nitrogens with one attached hydrogen (secondary N) is 2. The highest BCUT2D eigenvalue weighted by molar-refractivity contribution is 6.48. The number of Topliss-reactive ketones (excluding diaryl/α,β-unsaturated/α-hetero) is 2. The largest absolute Gasteiger partial charge is 0.504 e. The summed E-state index contributed by atoms with van der Waals surface area (Å²) in [5, 5.41) is 24.0.